The van der Waals surface area contributed by atoms with Crippen LogP contribution in [-0.2, 0) is 19.4 Å². The highest BCUT2D eigenvalue weighted by Gasteiger charge is 2.03. The van der Waals surface area contributed by atoms with Crippen molar-refractivity contribution >= 4 is 28.9 Å². The standard InChI is InChI=1S/C18H19ClN4S/c19-15-3-1-13(2-4-15)7-8-21-12-17-6-5-16(24-17)9-14-10-22-18(20)23-11-14/h1-6,10-11,21H,7-9,12H2,(H2,20,22,23). The lowest BCUT2D eigenvalue weighted by Gasteiger charge is -2.04. The van der Waals surface area contributed by atoms with E-state index in [0.29, 0.717) is 5.95 Å². The molecule has 6 heteroatoms. The van der Waals surface area contributed by atoms with Crippen LogP contribution in [0.25, 0.3) is 0 Å². The first kappa shape index (κ1) is 16.9. The number of hydrogen-bond donors (Lipinski definition) is 2. The summed E-state index contributed by atoms with van der Waals surface area (Å²) in [6.45, 7) is 1.83. The molecule has 0 aliphatic carbocycles. The Morgan fingerprint density at radius 2 is 1.67 bits per heavy atom. The van der Waals surface area contributed by atoms with Gasteiger partial charge in [0.05, 0.1) is 0 Å². The molecule has 0 spiro atoms. The summed E-state index contributed by atoms with van der Waals surface area (Å²) in [5.74, 6) is 0.315. The van der Waals surface area contributed by atoms with Crippen LogP contribution in [0.1, 0.15) is 20.9 Å². The van der Waals surface area contributed by atoms with Gasteiger partial charge in [-0.3, -0.25) is 0 Å². The van der Waals surface area contributed by atoms with Gasteiger partial charge in [-0.05, 0) is 48.4 Å². The van der Waals surface area contributed by atoms with Crippen LogP contribution in [0.3, 0.4) is 0 Å². The van der Waals surface area contributed by atoms with E-state index in [1.807, 2.05) is 23.5 Å². The first-order valence-electron chi connectivity index (χ1n) is 7.78. The van der Waals surface area contributed by atoms with Crippen molar-refractivity contribution in [2.45, 2.75) is 19.4 Å². The van der Waals surface area contributed by atoms with E-state index in [4.69, 9.17) is 17.3 Å². The minimum atomic E-state index is 0.315. The molecule has 0 aliphatic heterocycles. The van der Waals surface area contributed by atoms with Crippen molar-refractivity contribution in [2.24, 2.45) is 0 Å². The zero-order chi connectivity index (χ0) is 16.8. The number of rotatable bonds is 7. The van der Waals surface area contributed by atoms with Crippen molar-refractivity contribution in [3.05, 3.63) is 74.7 Å². The first-order chi connectivity index (χ1) is 11.7. The molecule has 2 aromatic heterocycles. The number of benzene rings is 1. The predicted octanol–water partition coefficient (Wildman–Crippen LogP) is 3.70. The van der Waals surface area contributed by atoms with Crippen LogP contribution in [-0.4, -0.2) is 16.5 Å². The van der Waals surface area contributed by atoms with Crippen LogP contribution in [0.4, 0.5) is 5.95 Å². The summed E-state index contributed by atoms with van der Waals surface area (Å²) in [5.41, 5.74) is 7.88. The number of nitrogen functional groups attached to an aromatic ring is 1. The molecule has 0 fully saturated rings. The topological polar surface area (TPSA) is 63.8 Å². The number of nitrogens with two attached hydrogens (primary N) is 1. The summed E-state index contributed by atoms with van der Waals surface area (Å²) in [5, 5.41) is 4.27. The van der Waals surface area contributed by atoms with Gasteiger partial charge >= 0.3 is 0 Å². The predicted molar refractivity (Wildman–Crippen MR) is 100 cm³/mol. The molecule has 0 radical (unpaired) electrons. The molecule has 0 bridgehead atoms. The molecular formula is C18H19ClN4S. The second-order valence-electron chi connectivity index (χ2n) is 5.55. The average molecular weight is 359 g/mol. The summed E-state index contributed by atoms with van der Waals surface area (Å²) in [4.78, 5) is 10.7. The van der Waals surface area contributed by atoms with Crippen molar-refractivity contribution in [1.82, 2.24) is 15.3 Å². The molecule has 3 rings (SSSR count). The second kappa shape index (κ2) is 8.24. The van der Waals surface area contributed by atoms with E-state index in [-0.39, 0.29) is 0 Å². The molecule has 0 saturated heterocycles. The third-order valence-electron chi connectivity index (χ3n) is 3.62. The number of hydrogen-bond acceptors (Lipinski definition) is 5. The number of anilines is 1. The minimum Gasteiger partial charge on any atom is -0.368 e. The van der Waals surface area contributed by atoms with E-state index in [2.05, 4.69) is 39.6 Å². The smallest absolute Gasteiger partial charge is 0.219 e. The highest BCUT2D eigenvalue weighted by molar-refractivity contribution is 7.12. The van der Waals surface area contributed by atoms with Crippen LogP contribution >= 0.6 is 22.9 Å². The van der Waals surface area contributed by atoms with Gasteiger partial charge in [-0.15, -0.1) is 11.3 Å². The molecular weight excluding hydrogens is 340 g/mol. The molecule has 0 amide bonds. The molecule has 0 atom stereocenters. The Bertz CT molecular complexity index is 768. The zero-order valence-corrected chi connectivity index (χ0v) is 14.8. The summed E-state index contributed by atoms with van der Waals surface area (Å²) in [6.07, 6.45) is 5.41. The van der Waals surface area contributed by atoms with Gasteiger partial charge in [0.15, 0.2) is 0 Å². The van der Waals surface area contributed by atoms with Gasteiger partial charge < -0.3 is 11.1 Å². The van der Waals surface area contributed by atoms with Gasteiger partial charge in [0.25, 0.3) is 0 Å². The molecule has 0 saturated carbocycles. The van der Waals surface area contributed by atoms with Crippen LogP contribution in [0, 0.1) is 0 Å². The van der Waals surface area contributed by atoms with Gasteiger partial charge in [0.2, 0.25) is 5.95 Å². The number of nitrogens with one attached hydrogen (secondary N) is 1. The van der Waals surface area contributed by atoms with Crippen molar-refractivity contribution in [1.29, 1.82) is 0 Å². The Labute approximate surface area is 150 Å². The molecule has 124 valence electrons. The fourth-order valence-corrected chi connectivity index (χ4v) is 3.51. The summed E-state index contributed by atoms with van der Waals surface area (Å²) in [6, 6.07) is 12.3. The third kappa shape index (κ3) is 5.03. The van der Waals surface area contributed by atoms with Crippen molar-refractivity contribution in [3.63, 3.8) is 0 Å². The fraction of sp³-hybridized carbons (Fsp3) is 0.222. The van der Waals surface area contributed by atoms with E-state index in [1.54, 1.807) is 12.4 Å². The normalized spacial score (nSPS) is 10.9. The Kier molecular flexibility index (Phi) is 5.80. The summed E-state index contributed by atoms with van der Waals surface area (Å²) < 4.78 is 0. The van der Waals surface area contributed by atoms with E-state index in [0.717, 1.165) is 36.5 Å². The van der Waals surface area contributed by atoms with E-state index < -0.39 is 0 Å². The monoisotopic (exact) mass is 358 g/mol. The summed E-state index contributed by atoms with van der Waals surface area (Å²) in [7, 11) is 0. The molecule has 24 heavy (non-hydrogen) atoms. The SMILES string of the molecule is Nc1ncc(Cc2ccc(CNCCc3ccc(Cl)cc3)s2)cn1. The Hall–Kier alpha value is -1.95. The van der Waals surface area contributed by atoms with Crippen molar-refractivity contribution < 1.29 is 0 Å². The van der Waals surface area contributed by atoms with Crippen LogP contribution in [0.2, 0.25) is 5.02 Å². The van der Waals surface area contributed by atoms with E-state index in [9.17, 15) is 0 Å². The zero-order valence-electron chi connectivity index (χ0n) is 13.2. The summed E-state index contributed by atoms with van der Waals surface area (Å²) >= 11 is 7.71. The number of halogens is 1. The van der Waals surface area contributed by atoms with Crippen LogP contribution in [0.15, 0.2) is 48.8 Å². The number of aromatic nitrogens is 2. The van der Waals surface area contributed by atoms with Crippen LogP contribution in [0.5, 0.6) is 0 Å². The maximum absolute atomic E-state index is 5.89. The van der Waals surface area contributed by atoms with E-state index in [1.165, 1.54) is 15.3 Å². The van der Waals surface area contributed by atoms with E-state index >= 15 is 0 Å². The second-order valence-corrected chi connectivity index (χ2v) is 7.24. The first-order valence-corrected chi connectivity index (χ1v) is 8.97. The lowest BCUT2D eigenvalue weighted by molar-refractivity contribution is 0.693. The van der Waals surface area contributed by atoms with Crippen molar-refractivity contribution in [3.8, 4) is 0 Å². The van der Waals surface area contributed by atoms with Crippen molar-refractivity contribution in [2.75, 3.05) is 12.3 Å². The largest absolute Gasteiger partial charge is 0.368 e. The average Bonchev–Trinajstić information content (AvgIpc) is 3.03. The molecule has 2 heterocycles. The highest BCUT2D eigenvalue weighted by Crippen LogP contribution is 2.19. The number of nitrogens with zero attached hydrogens (tertiary/aromatic N) is 2. The Morgan fingerprint density at radius 3 is 2.42 bits per heavy atom. The molecule has 1 aromatic carbocycles. The molecule has 4 nitrogen and oxygen atoms in total. The molecule has 0 aliphatic rings. The highest BCUT2D eigenvalue weighted by atomic mass is 35.5. The van der Waals surface area contributed by atoms with Gasteiger partial charge in [-0.2, -0.15) is 0 Å². The van der Waals surface area contributed by atoms with Gasteiger partial charge in [-0.25, -0.2) is 9.97 Å². The maximum atomic E-state index is 5.89. The quantitative estimate of drug-likeness (QED) is 0.632. The maximum Gasteiger partial charge on any atom is 0.219 e. The van der Waals surface area contributed by atoms with Gasteiger partial charge in [-0.1, -0.05) is 23.7 Å². The minimum absolute atomic E-state index is 0.315. The Morgan fingerprint density at radius 1 is 0.958 bits per heavy atom. The number of thiophene rings is 1. The third-order valence-corrected chi connectivity index (χ3v) is 4.96. The van der Waals surface area contributed by atoms with Gasteiger partial charge in [0, 0.05) is 40.1 Å². The molecule has 3 aromatic rings. The molecule has 3 N–H and O–H groups in total. The van der Waals surface area contributed by atoms with Crippen LogP contribution < -0.4 is 11.1 Å². The molecule has 0 unspecified atom stereocenters. The fourth-order valence-electron chi connectivity index (χ4n) is 2.36. The van der Waals surface area contributed by atoms with Gasteiger partial charge in [0.1, 0.15) is 0 Å². The lowest BCUT2D eigenvalue weighted by Crippen LogP contribution is -2.15. The lowest BCUT2D eigenvalue weighted by atomic mass is 10.1. The Balaban J connectivity index is 1.44.